The molecule has 0 aliphatic heterocycles. The van der Waals surface area contributed by atoms with Gasteiger partial charge in [-0.3, -0.25) is 10.1 Å². The normalized spacial score (nSPS) is 14.1. The summed E-state index contributed by atoms with van der Waals surface area (Å²) >= 11 is 3.40. The second kappa shape index (κ2) is 6.77. The number of hydrogen-bond donors (Lipinski definition) is 2. The van der Waals surface area contributed by atoms with E-state index < -0.39 is 0 Å². The first-order chi connectivity index (χ1) is 8.04. The first-order valence-corrected chi connectivity index (χ1v) is 6.63. The molecule has 3 nitrogen and oxygen atoms in total. The number of carbonyl (C=O) groups excluding carboxylic acids is 1. The highest BCUT2D eigenvalue weighted by molar-refractivity contribution is 9.10. The summed E-state index contributed by atoms with van der Waals surface area (Å²) in [6, 6.07) is 8.07. The van der Waals surface area contributed by atoms with Crippen molar-refractivity contribution in [3.05, 3.63) is 34.3 Å². The zero-order valence-electron chi connectivity index (χ0n) is 10.5. The van der Waals surface area contributed by atoms with Crippen molar-refractivity contribution in [3.8, 4) is 0 Å². The molecule has 1 aromatic rings. The fraction of sp³-hybridized carbons (Fsp3) is 0.462. The van der Waals surface area contributed by atoms with Gasteiger partial charge in [0.1, 0.15) is 0 Å². The summed E-state index contributed by atoms with van der Waals surface area (Å²) in [7, 11) is 0. The van der Waals surface area contributed by atoms with Crippen LogP contribution in [0.4, 0.5) is 0 Å². The molecule has 0 fully saturated rings. The molecule has 1 unspecified atom stereocenters. The Bertz CT molecular complexity index is 364. The summed E-state index contributed by atoms with van der Waals surface area (Å²) in [6.45, 7) is 6.51. The first-order valence-electron chi connectivity index (χ1n) is 5.83. The zero-order chi connectivity index (χ0) is 12.8. The Hall–Kier alpha value is -0.870. The standard InChI is InChI=1S/C13H19BrN2O/c1-4-15-13(17)10(3)16-9(2)11-5-7-12(14)8-6-11/h5-10,16H,4H2,1-3H3,(H,15,17)/t9-,10?/m0/s1. The van der Waals surface area contributed by atoms with Crippen molar-refractivity contribution in [1.29, 1.82) is 0 Å². The van der Waals surface area contributed by atoms with Gasteiger partial charge in [-0.25, -0.2) is 0 Å². The van der Waals surface area contributed by atoms with Crippen molar-refractivity contribution in [2.75, 3.05) is 6.54 Å². The second-order valence-corrected chi connectivity index (χ2v) is 4.97. The zero-order valence-corrected chi connectivity index (χ0v) is 12.0. The Kier molecular flexibility index (Phi) is 5.65. The van der Waals surface area contributed by atoms with Crippen LogP contribution in [0.1, 0.15) is 32.4 Å². The van der Waals surface area contributed by atoms with Gasteiger partial charge >= 0.3 is 0 Å². The molecule has 17 heavy (non-hydrogen) atoms. The van der Waals surface area contributed by atoms with Gasteiger partial charge in [-0.05, 0) is 38.5 Å². The molecular formula is C13H19BrN2O. The number of rotatable bonds is 5. The molecule has 0 spiro atoms. The third-order valence-electron chi connectivity index (χ3n) is 2.61. The van der Waals surface area contributed by atoms with Crippen LogP contribution in [-0.2, 0) is 4.79 Å². The Morgan fingerprint density at radius 1 is 1.29 bits per heavy atom. The van der Waals surface area contributed by atoms with Crippen molar-refractivity contribution in [2.24, 2.45) is 0 Å². The maximum atomic E-state index is 11.6. The van der Waals surface area contributed by atoms with Crippen molar-refractivity contribution in [1.82, 2.24) is 10.6 Å². The number of halogens is 1. The highest BCUT2D eigenvalue weighted by Gasteiger charge is 2.15. The summed E-state index contributed by atoms with van der Waals surface area (Å²) in [5.41, 5.74) is 1.17. The summed E-state index contributed by atoms with van der Waals surface area (Å²) in [5, 5.41) is 6.08. The third kappa shape index (κ3) is 4.48. The summed E-state index contributed by atoms with van der Waals surface area (Å²) in [6.07, 6.45) is 0. The predicted molar refractivity (Wildman–Crippen MR) is 73.8 cm³/mol. The third-order valence-corrected chi connectivity index (χ3v) is 3.14. The minimum atomic E-state index is -0.186. The number of amides is 1. The molecule has 0 bridgehead atoms. The van der Waals surface area contributed by atoms with Crippen LogP contribution >= 0.6 is 15.9 Å². The highest BCUT2D eigenvalue weighted by Crippen LogP contribution is 2.16. The van der Waals surface area contributed by atoms with E-state index in [0.717, 1.165) is 4.47 Å². The van der Waals surface area contributed by atoms with Crippen LogP contribution in [0, 0.1) is 0 Å². The Labute approximate surface area is 111 Å². The van der Waals surface area contributed by atoms with Crippen LogP contribution in [0.25, 0.3) is 0 Å². The van der Waals surface area contributed by atoms with E-state index in [4.69, 9.17) is 0 Å². The fourth-order valence-corrected chi connectivity index (χ4v) is 1.89. The molecule has 94 valence electrons. The van der Waals surface area contributed by atoms with E-state index >= 15 is 0 Å². The average molecular weight is 299 g/mol. The topological polar surface area (TPSA) is 41.1 Å². The van der Waals surface area contributed by atoms with Gasteiger partial charge in [0, 0.05) is 17.1 Å². The van der Waals surface area contributed by atoms with E-state index in [-0.39, 0.29) is 18.0 Å². The molecule has 4 heteroatoms. The molecule has 0 aromatic heterocycles. The van der Waals surface area contributed by atoms with Crippen LogP contribution in [0.5, 0.6) is 0 Å². The maximum absolute atomic E-state index is 11.6. The summed E-state index contributed by atoms with van der Waals surface area (Å²) in [4.78, 5) is 11.6. The van der Waals surface area contributed by atoms with Crippen molar-refractivity contribution >= 4 is 21.8 Å². The molecular weight excluding hydrogens is 280 g/mol. The molecule has 2 atom stereocenters. The quantitative estimate of drug-likeness (QED) is 0.877. The molecule has 0 aliphatic rings. The van der Waals surface area contributed by atoms with Crippen LogP contribution in [0.3, 0.4) is 0 Å². The van der Waals surface area contributed by atoms with Gasteiger partial charge in [0.2, 0.25) is 5.91 Å². The molecule has 0 saturated heterocycles. The number of carbonyl (C=O) groups is 1. The highest BCUT2D eigenvalue weighted by atomic mass is 79.9. The lowest BCUT2D eigenvalue weighted by Gasteiger charge is -2.19. The fourth-order valence-electron chi connectivity index (χ4n) is 1.63. The SMILES string of the molecule is CCNC(=O)C(C)N[C@@H](C)c1ccc(Br)cc1. The predicted octanol–water partition coefficient (Wildman–Crippen LogP) is 2.62. The van der Waals surface area contributed by atoms with Gasteiger partial charge in [0.25, 0.3) is 0 Å². The van der Waals surface area contributed by atoms with Gasteiger partial charge in [-0.2, -0.15) is 0 Å². The molecule has 0 saturated carbocycles. The largest absolute Gasteiger partial charge is 0.355 e. The maximum Gasteiger partial charge on any atom is 0.236 e. The van der Waals surface area contributed by atoms with Crippen LogP contribution in [0.2, 0.25) is 0 Å². The lowest BCUT2D eigenvalue weighted by molar-refractivity contribution is -0.122. The molecule has 0 radical (unpaired) electrons. The van der Waals surface area contributed by atoms with E-state index in [1.807, 2.05) is 38.1 Å². The summed E-state index contributed by atoms with van der Waals surface area (Å²) < 4.78 is 1.06. The minimum absolute atomic E-state index is 0.0384. The second-order valence-electron chi connectivity index (χ2n) is 4.06. The average Bonchev–Trinajstić information content (AvgIpc) is 2.30. The number of benzene rings is 1. The molecule has 2 N–H and O–H groups in total. The van der Waals surface area contributed by atoms with Gasteiger partial charge in [-0.15, -0.1) is 0 Å². The minimum Gasteiger partial charge on any atom is -0.355 e. The Balaban J connectivity index is 2.56. The Morgan fingerprint density at radius 3 is 2.41 bits per heavy atom. The lowest BCUT2D eigenvalue weighted by Crippen LogP contribution is -2.42. The van der Waals surface area contributed by atoms with E-state index in [0.29, 0.717) is 6.54 Å². The summed E-state index contributed by atoms with van der Waals surface area (Å²) in [5.74, 6) is 0.0384. The van der Waals surface area contributed by atoms with Crippen molar-refractivity contribution < 1.29 is 4.79 Å². The van der Waals surface area contributed by atoms with Gasteiger partial charge in [-0.1, -0.05) is 28.1 Å². The molecule has 0 heterocycles. The van der Waals surface area contributed by atoms with Crippen LogP contribution in [0.15, 0.2) is 28.7 Å². The number of hydrogen-bond acceptors (Lipinski definition) is 2. The lowest BCUT2D eigenvalue weighted by atomic mass is 10.1. The number of nitrogens with one attached hydrogen (secondary N) is 2. The van der Waals surface area contributed by atoms with Crippen LogP contribution < -0.4 is 10.6 Å². The van der Waals surface area contributed by atoms with E-state index in [1.165, 1.54) is 5.56 Å². The molecule has 1 amide bonds. The van der Waals surface area contributed by atoms with Gasteiger partial charge in [0.15, 0.2) is 0 Å². The monoisotopic (exact) mass is 298 g/mol. The first kappa shape index (κ1) is 14.2. The molecule has 1 aromatic carbocycles. The van der Waals surface area contributed by atoms with E-state index in [9.17, 15) is 4.79 Å². The van der Waals surface area contributed by atoms with Gasteiger partial charge < -0.3 is 5.32 Å². The Morgan fingerprint density at radius 2 is 1.88 bits per heavy atom. The van der Waals surface area contributed by atoms with E-state index in [2.05, 4.69) is 33.5 Å². The van der Waals surface area contributed by atoms with Crippen LogP contribution in [-0.4, -0.2) is 18.5 Å². The molecule has 1 rings (SSSR count). The number of likely N-dealkylation sites (N-methyl/N-ethyl adjacent to an activating group) is 1. The molecule has 0 aliphatic carbocycles. The van der Waals surface area contributed by atoms with Gasteiger partial charge in [0.05, 0.1) is 6.04 Å². The van der Waals surface area contributed by atoms with E-state index in [1.54, 1.807) is 0 Å². The van der Waals surface area contributed by atoms with Crippen molar-refractivity contribution in [2.45, 2.75) is 32.9 Å². The smallest absolute Gasteiger partial charge is 0.236 e. The van der Waals surface area contributed by atoms with Crippen molar-refractivity contribution in [3.63, 3.8) is 0 Å².